The molecular formula is C32H52N6O2. The second-order valence-corrected chi connectivity index (χ2v) is 10.1. The lowest BCUT2D eigenvalue weighted by molar-refractivity contribution is -0.128. The summed E-state index contributed by atoms with van der Waals surface area (Å²) in [4.78, 5) is 12.5. The zero-order chi connectivity index (χ0) is 30.4. The normalized spacial score (nSPS) is 13.0. The monoisotopic (exact) mass is 552 g/mol. The van der Waals surface area contributed by atoms with Crippen LogP contribution < -0.4 is 10.6 Å². The van der Waals surface area contributed by atoms with E-state index in [2.05, 4.69) is 58.2 Å². The van der Waals surface area contributed by atoms with E-state index >= 15 is 0 Å². The molecular weight excluding hydrogens is 500 g/mol. The number of nitriles is 1. The molecule has 0 aliphatic carbocycles. The van der Waals surface area contributed by atoms with E-state index in [0.717, 1.165) is 18.4 Å². The van der Waals surface area contributed by atoms with Crippen molar-refractivity contribution in [3.63, 3.8) is 0 Å². The molecule has 2 aromatic carbocycles. The third-order valence-electron chi connectivity index (χ3n) is 6.53. The fourth-order valence-electron chi connectivity index (χ4n) is 3.44. The first-order valence-electron chi connectivity index (χ1n) is 14.2. The van der Waals surface area contributed by atoms with E-state index in [1.807, 2.05) is 78.1 Å². The smallest absolute Gasteiger partial charge is 0.240 e. The molecule has 0 spiro atoms. The first-order valence-corrected chi connectivity index (χ1v) is 14.2. The summed E-state index contributed by atoms with van der Waals surface area (Å²) in [6, 6.07) is 22.3. The molecule has 1 amide bonds. The van der Waals surface area contributed by atoms with Crippen molar-refractivity contribution in [2.45, 2.75) is 85.0 Å². The van der Waals surface area contributed by atoms with Crippen molar-refractivity contribution >= 4 is 5.91 Å². The minimum atomic E-state index is -0.664. The van der Waals surface area contributed by atoms with E-state index in [-0.39, 0.29) is 18.0 Å². The van der Waals surface area contributed by atoms with Crippen molar-refractivity contribution in [2.24, 2.45) is 16.3 Å². The molecule has 8 nitrogen and oxygen atoms in total. The van der Waals surface area contributed by atoms with E-state index in [4.69, 9.17) is 10.00 Å². The van der Waals surface area contributed by atoms with Gasteiger partial charge in [-0.3, -0.25) is 9.80 Å². The van der Waals surface area contributed by atoms with Gasteiger partial charge in [-0.2, -0.15) is 10.4 Å². The van der Waals surface area contributed by atoms with Crippen LogP contribution in [0.15, 0.2) is 71.0 Å². The van der Waals surface area contributed by atoms with Crippen LogP contribution in [-0.4, -0.2) is 56.3 Å². The van der Waals surface area contributed by atoms with Crippen LogP contribution >= 0.6 is 0 Å². The summed E-state index contributed by atoms with van der Waals surface area (Å²) in [6.45, 7) is 12.7. The van der Waals surface area contributed by atoms with Gasteiger partial charge in [0.25, 0.3) is 0 Å². The Morgan fingerprint density at radius 2 is 1.60 bits per heavy atom. The number of hydrogen-bond donors (Lipinski definition) is 2. The van der Waals surface area contributed by atoms with Crippen molar-refractivity contribution in [1.29, 1.82) is 5.26 Å². The van der Waals surface area contributed by atoms with Gasteiger partial charge in [-0.25, -0.2) is 0 Å². The molecule has 2 aromatic rings. The highest BCUT2D eigenvalue weighted by Gasteiger charge is 2.30. The lowest BCUT2D eigenvalue weighted by Crippen LogP contribution is -2.58. The molecule has 0 bridgehead atoms. The predicted molar refractivity (Wildman–Crippen MR) is 165 cm³/mol. The lowest BCUT2D eigenvalue weighted by Gasteiger charge is -2.32. The van der Waals surface area contributed by atoms with Crippen molar-refractivity contribution in [1.82, 2.24) is 15.6 Å². The SMILES string of the molecule is CC.CC(CC#N)CCc1ccccc1.CN=NN(C)C(C)C(COCc1ccccc1)NC(=O)C(C)(C)NC. The molecule has 0 fully saturated rings. The summed E-state index contributed by atoms with van der Waals surface area (Å²) in [7, 11) is 5.21. The molecule has 0 saturated carbocycles. The molecule has 0 heterocycles. The maximum Gasteiger partial charge on any atom is 0.240 e. The standard InChI is InChI=1S/C18H31N5O2.C12H15N.C2H6/c1-14(23(6)22-20-5)16(21-17(24)18(2,3)19-4)13-25-12-15-10-8-7-9-11-15;1-11(9-10-13)7-8-12-5-3-2-4-6-12;1-2/h7-11,14,16,19H,12-13H2,1-6H3,(H,21,24);2-6,11H,7-9H2,1H3;1-2H3. The molecule has 8 heteroatoms. The molecule has 40 heavy (non-hydrogen) atoms. The minimum absolute atomic E-state index is 0.0731. The molecule has 3 unspecified atom stereocenters. The average Bonchev–Trinajstić information content (AvgIpc) is 2.98. The second kappa shape index (κ2) is 21.5. The van der Waals surface area contributed by atoms with Gasteiger partial charge in [-0.15, -0.1) is 0 Å². The number of carbonyl (C=O) groups excluding carboxylic acids is 1. The maximum atomic E-state index is 12.5. The number of hydrogen-bond acceptors (Lipinski definition) is 6. The largest absolute Gasteiger partial charge is 0.375 e. The van der Waals surface area contributed by atoms with Crippen LogP contribution in [0, 0.1) is 17.2 Å². The van der Waals surface area contributed by atoms with Crippen LogP contribution in [-0.2, 0) is 22.6 Å². The zero-order valence-corrected chi connectivity index (χ0v) is 26.1. The number of ether oxygens (including phenoxy) is 1. The van der Waals surface area contributed by atoms with E-state index < -0.39 is 5.54 Å². The second-order valence-electron chi connectivity index (χ2n) is 10.1. The molecule has 0 radical (unpaired) electrons. The number of aryl methyl sites for hydroxylation is 1. The van der Waals surface area contributed by atoms with Crippen LogP contribution in [0.3, 0.4) is 0 Å². The van der Waals surface area contributed by atoms with Crippen molar-refractivity contribution in [2.75, 3.05) is 27.7 Å². The summed E-state index contributed by atoms with van der Waals surface area (Å²) in [6.07, 6.45) is 2.87. The summed E-state index contributed by atoms with van der Waals surface area (Å²) in [5.74, 6) is 0.433. The van der Waals surface area contributed by atoms with Crippen LogP contribution in [0.2, 0.25) is 0 Å². The van der Waals surface area contributed by atoms with Crippen molar-refractivity contribution < 1.29 is 9.53 Å². The Labute approximate surface area is 243 Å². The number of rotatable bonds is 14. The summed E-state index contributed by atoms with van der Waals surface area (Å²) in [5, 5.41) is 24.1. The Morgan fingerprint density at radius 3 is 2.10 bits per heavy atom. The van der Waals surface area contributed by atoms with Gasteiger partial charge >= 0.3 is 0 Å². The number of amides is 1. The first-order chi connectivity index (χ1) is 19.1. The third-order valence-corrected chi connectivity index (χ3v) is 6.53. The fourth-order valence-corrected chi connectivity index (χ4v) is 3.44. The molecule has 0 aliphatic rings. The Kier molecular flexibility index (Phi) is 19.8. The lowest BCUT2D eigenvalue weighted by atomic mass is 9.99. The topological polar surface area (TPSA) is 102 Å². The van der Waals surface area contributed by atoms with Gasteiger partial charge in [-0.1, -0.05) is 86.7 Å². The highest BCUT2D eigenvalue weighted by atomic mass is 16.5. The van der Waals surface area contributed by atoms with Crippen LogP contribution in [0.1, 0.15) is 65.5 Å². The fraction of sp³-hybridized carbons (Fsp3) is 0.562. The van der Waals surface area contributed by atoms with Gasteiger partial charge in [0.1, 0.15) is 0 Å². The number of benzene rings is 2. The minimum Gasteiger partial charge on any atom is -0.375 e. The van der Waals surface area contributed by atoms with Crippen LogP contribution in [0.5, 0.6) is 0 Å². The molecule has 0 aromatic heterocycles. The van der Waals surface area contributed by atoms with Crippen molar-refractivity contribution in [3.8, 4) is 6.07 Å². The molecule has 0 aliphatic heterocycles. The summed E-state index contributed by atoms with van der Waals surface area (Å²) < 4.78 is 5.84. The van der Waals surface area contributed by atoms with Gasteiger partial charge in [0.15, 0.2) is 0 Å². The highest BCUT2D eigenvalue weighted by Crippen LogP contribution is 2.12. The van der Waals surface area contributed by atoms with Gasteiger partial charge in [0.05, 0.1) is 44.0 Å². The number of nitrogens with one attached hydrogen (secondary N) is 2. The average molecular weight is 553 g/mol. The van der Waals surface area contributed by atoms with E-state index in [1.54, 1.807) is 19.1 Å². The molecule has 2 N–H and O–H groups in total. The Morgan fingerprint density at radius 1 is 1.05 bits per heavy atom. The maximum absolute atomic E-state index is 12.5. The Balaban J connectivity index is 0.000000848. The van der Waals surface area contributed by atoms with E-state index in [0.29, 0.717) is 25.6 Å². The Hall–Kier alpha value is -3.28. The van der Waals surface area contributed by atoms with Crippen LogP contribution in [0.4, 0.5) is 0 Å². The first kappa shape index (κ1) is 36.7. The van der Waals surface area contributed by atoms with Crippen molar-refractivity contribution in [3.05, 3.63) is 71.8 Å². The Bertz CT molecular complexity index is 976. The molecule has 0 saturated heterocycles. The molecule has 3 atom stereocenters. The number of carbonyl (C=O) groups is 1. The molecule has 2 rings (SSSR count). The predicted octanol–water partition coefficient (Wildman–Crippen LogP) is 6.20. The summed E-state index contributed by atoms with van der Waals surface area (Å²) >= 11 is 0. The van der Waals surface area contributed by atoms with E-state index in [9.17, 15) is 4.79 Å². The third kappa shape index (κ3) is 15.3. The van der Waals surface area contributed by atoms with Crippen LogP contribution in [0.25, 0.3) is 0 Å². The highest BCUT2D eigenvalue weighted by molar-refractivity contribution is 5.85. The van der Waals surface area contributed by atoms with Gasteiger partial charge < -0.3 is 15.4 Å². The van der Waals surface area contributed by atoms with Gasteiger partial charge in [0, 0.05) is 13.5 Å². The summed E-state index contributed by atoms with van der Waals surface area (Å²) in [5.41, 5.74) is 1.80. The number of likely N-dealkylation sites (N-methyl/N-ethyl adjacent to an activating group) is 2. The number of nitrogens with zero attached hydrogens (tertiary/aromatic N) is 4. The van der Waals surface area contributed by atoms with Gasteiger partial charge in [-0.05, 0) is 57.7 Å². The molecule has 222 valence electrons. The van der Waals surface area contributed by atoms with Gasteiger partial charge in [0.2, 0.25) is 5.91 Å². The zero-order valence-electron chi connectivity index (χ0n) is 26.1. The quantitative estimate of drug-likeness (QED) is 0.215. The van der Waals surface area contributed by atoms with E-state index in [1.165, 1.54) is 5.56 Å².